The van der Waals surface area contributed by atoms with E-state index in [0.29, 0.717) is 5.82 Å². The highest BCUT2D eigenvalue weighted by atomic mass is 16.3. The number of aromatic nitrogens is 2. The lowest BCUT2D eigenvalue weighted by Crippen LogP contribution is -2.31. The average Bonchev–Trinajstić information content (AvgIpc) is 2.52. The van der Waals surface area contributed by atoms with Crippen molar-refractivity contribution in [2.24, 2.45) is 0 Å². The molecule has 22 heavy (non-hydrogen) atoms. The van der Waals surface area contributed by atoms with Crippen LogP contribution in [0.4, 0.5) is 11.8 Å². The Labute approximate surface area is 130 Å². The zero-order chi connectivity index (χ0) is 16.1. The fraction of sp³-hybridized carbons (Fsp3) is 0.375. The van der Waals surface area contributed by atoms with Gasteiger partial charge >= 0.3 is 0 Å². The zero-order valence-electron chi connectivity index (χ0n) is 12.8. The molecule has 2 rings (SSSR count). The predicted molar refractivity (Wildman–Crippen MR) is 86.4 cm³/mol. The number of anilines is 2. The quantitative estimate of drug-likeness (QED) is 0.647. The minimum Gasteiger partial charge on any atom is -0.394 e. The first-order chi connectivity index (χ1) is 10.5. The van der Waals surface area contributed by atoms with Crippen LogP contribution in [0, 0.1) is 0 Å². The molecule has 0 spiro atoms. The van der Waals surface area contributed by atoms with Gasteiger partial charge in [0.1, 0.15) is 11.9 Å². The van der Waals surface area contributed by atoms with Crippen LogP contribution in [-0.2, 0) is 0 Å². The number of hydrogen-bond acceptors (Lipinski definition) is 6. The minimum atomic E-state index is -0.857. The molecule has 2 atom stereocenters. The number of aliphatic hydroxyl groups is 2. The molecule has 0 saturated carbocycles. The van der Waals surface area contributed by atoms with E-state index in [0.717, 1.165) is 11.3 Å². The molecule has 0 amide bonds. The fourth-order valence-corrected chi connectivity index (χ4v) is 2.15. The van der Waals surface area contributed by atoms with Crippen molar-refractivity contribution < 1.29 is 10.2 Å². The Balaban J connectivity index is 2.20. The van der Waals surface area contributed by atoms with Crippen LogP contribution in [0.2, 0.25) is 0 Å². The Hall–Kier alpha value is -2.18. The van der Waals surface area contributed by atoms with Gasteiger partial charge in [-0.05, 0) is 11.5 Å². The smallest absolute Gasteiger partial charge is 0.222 e. The van der Waals surface area contributed by atoms with Gasteiger partial charge in [0.2, 0.25) is 5.95 Å². The van der Waals surface area contributed by atoms with Crippen molar-refractivity contribution in [3.05, 3.63) is 47.7 Å². The van der Waals surface area contributed by atoms with Crippen molar-refractivity contribution in [2.75, 3.05) is 17.7 Å². The largest absolute Gasteiger partial charge is 0.394 e. The summed E-state index contributed by atoms with van der Waals surface area (Å²) in [6, 6.07) is 10.4. The molecule has 6 nitrogen and oxygen atoms in total. The Kier molecular flexibility index (Phi) is 5.30. The molecule has 0 unspecified atom stereocenters. The Morgan fingerprint density at radius 3 is 2.45 bits per heavy atom. The molecule has 0 fully saturated rings. The molecule has 1 aromatic carbocycles. The first-order valence-electron chi connectivity index (χ1n) is 7.26. The van der Waals surface area contributed by atoms with E-state index >= 15 is 0 Å². The second kappa shape index (κ2) is 7.20. The molecule has 0 aliphatic rings. The molecule has 0 saturated heterocycles. The van der Waals surface area contributed by atoms with Gasteiger partial charge in [-0.15, -0.1) is 0 Å². The second-order valence-corrected chi connectivity index (χ2v) is 5.48. The van der Waals surface area contributed by atoms with Crippen molar-refractivity contribution in [3.63, 3.8) is 0 Å². The van der Waals surface area contributed by atoms with Crippen LogP contribution in [0.25, 0.3) is 0 Å². The van der Waals surface area contributed by atoms with Gasteiger partial charge in [0.25, 0.3) is 0 Å². The third-order valence-electron chi connectivity index (χ3n) is 3.41. The lowest BCUT2D eigenvalue weighted by Gasteiger charge is -2.23. The molecule has 0 bridgehead atoms. The van der Waals surface area contributed by atoms with Crippen LogP contribution in [-0.4, -0.2) is 32.8 Å². The fourth-order valence-electron chi connectivity index (χ4n) is 2.15. The SMILES string of the molecule is CC(C)c1cc(N[C@@H](CO)[C@@H](O)c2ccccc2)nc(N)n1. The summed E-state index contributed by atoms with van der Waals surface area (Å²) in [7, 11) is 0. The lowest BCUT2D eigenvalue weighted by molar-refractivity contribution is 0.118. The van der Waals surface area contributed by atoms with Gasteiger partial charge in [0.05, 0.1) is 18.3 Å². The maximum Gasteiger partial charge on any atom is 0.222 e. The van der Waals surface area contributed by atoms with Gasteiger partial charge in [-0.1, -0.05) is 44.2 Å². The van der Waals surface area contributed by atoms with Gasteiger partial charge < -0.3 is 21.3 Å². The van der Waals surface area contributed by atoms with Crippen molar-refractivity contribution in [2.45, 2.75) is 31.9 Å². The van der Waals surface area contributed by atoms with Crippen molar-refractivity contribution >= 4 is 11.8 Å². The molecular weight excluding hydrogens is 280 g/mol. The third kappa shape index (κ3) is 3.93. The van der Waals surface area contributed by atoms with Crippen LogP contribution >= 0.6 is 0 Å². The molecule has 0 aliphatic heterocycles. The summed E-state index contributed by atoms with van der Waals surface area (Å²) in [5, 5.41) is 23.0. The van der Waals surface area contributed by atoms with E-state index in [2.05, 4.69) is 15.3 Å². The van der Waals surface area contributed by atoms with E-state index in [1.807, 2.05) is 44.2 Å². The summed E-state index contributed by atoms with van der Waals surface area (Å²) >= 11 is 0. The highest BCUT2D eigenvalue weighted by Gasteiger charge is 2.21. The number of nitrogens with one attached hydrogen (secondary N) is 1. The van der Waals surface area contributed by atoms with Gasteiger partial charge in [-0.3, -0.25) is 0 Å². The van der Waals surface area contributed by atoms with Gasteiger partial charge in [0.15, 0.2) is 0 Å². The van der Waals surface area contributed by atoms with E-state index in [9.17, 15) is 10.2 Å². The standard InChI is InChI=1S/C16H22N4O2/c1-10(2)12-8-14(20-16(17)19-12)18-13(9-21)15(22)11-6-4-3-5-7-11/h3-8,10,13,15,21-22H,9H2,1-2H3,(H3,17,18,19,20)/t13-,15-/m0/s1. The number of benzene rings is 1. The zero-order valence-corrected chi connectivity index (χ0v) is 12.8. The van der Waals surface area contributed by atoms with E-state index < -0.39 is 12.1 Å². The Morgan fingerprint density at radius 2 is 1.86 bits per heavy atom. The normalized spacial score (nSPS) is 13.9. The molecule has 5 N–H and O–H groups in total. The maximum atomic E-state index is 10.4. The highest BCUT2D eigenvalue weighted by Crippen LogP contribution is 2.21. The van der Waals surface area contributed by atoms with Crippen LogP contribution in [0.5, 0.6) is 0 Å². The second-order valence-electron chi connectivity index (χ2n) is 5.48. The van der Waals surface area contributed by atoms with E-state index in [-0.39, 0.29) is 18.5 Å². The number of rotatable bonds is 6. The molecule has 6 heteroatoms. The first kappa shape index (κ1) is 16.2. The van der Waals surface area contributed by atoms with Gasteiger partial charge in [0, 0.05) is 6.07 Å². The van der Waals surface area contributed by atoms with E-state index in [1.54, 1.807) is 6.07 Å². The average molecular weight is 302 g/mol. The Morgan fingerprint density at radius 1 is 1.18 bits per heavy atom. The molecule has 2 aromatic rings. The summed E-state index contributed by atoms with van der Waals surface area (Å²) in [5.74, 6) is 0.863. The molecular formula is C16H22N4O2. The lowest BCUT2D eigenvalue weighted by atomic mass is 10.0. The summed E-state index contributed by atoms with van der Waals surface area (Å²) < 4.78 is 0. The van der Waals surface area contributed by atoms with Gasteiger partial charge in [-0.2, -0.15) is 4.98 Å². The van der Waals surface area contributed by atoms with E-state index in [4.69, 9.17) is 5.73 Å². The molecule has 0 radical (unpaired) electrons. The number of nitrogens with zero attached hydrogens (tertiary/aromatic N) is 2. The molecule has 1 aromatic heterocycles. The van der Waals surface area contributed by atoms with Crippen LogP contribution < -0.4 is 11.1 Å². The van der Waals surface area contributed by atoms with Crippen molar-refractivity contribution in [1.82, 2.24) is 9.97 Å². The topological polar surface area (TPSA) is 104 Å². The highest BCUT2D eigenvalue weighted by molar-refractivity contribution is 5.43. The van der Waals surface area contributed by atoms with Crippen LogP contribution in [0.15, 0.2) is 36.4 Å². The summed E-state index contributed by atoms with van der Waals surface area (Å²) in [4.78, 5) is 8.28. The maximum absolute atomic E-state index is 10.4. The minimum absolute atomic E-state index is 0.166. The summed E-state index contributed by atoms with van der Waals surface area (Å²) in [5.41, 5.74) is 7.24. The van der Waals surface area contributed by atoms with Crippen LogP contribution in [0.1, 0.15) is 37.1 Å². The number of nitrogen functional groups attached to an aromatic ring is 1. The predicted octanol–water partition coefficient (Wildman–Crippen LogP) is 1.69. The molecule has 0 aliphatic carbocycles. The monoisotopic (exact) mass is 302 g/mol. The van der Waals surface area contributed by atoms with Crippen LogP contribution in [0.3, 0.4) is 0 Å². The number of aliphatic hydroxyl groups excluding tert-OH is 2. The number of nitrogens with two attached hydrogens (primary N) is 1. The van der Waals surface area contributed by atoms with Gasteiger partial charge in [-0.25, -0.2) is 4.98 Å². The third-order valence-corrected chi connectivity index (χ3v) is 3.41. The first-order valence-corrected chi connectivity index (χ1v) is 7.26. The Bertz CT molecular complexity index is 604. The summed E-state index contributed by atoms with van der Waals surface area (Å²) in [6.07, 6.45) is -0.857. The van der Waals surface area contributed by atoms with Crippen molar-refractivity contribution in [3.8, 4) is 0 Å². The summed E-state index contributed by atoms with van der Waals surface area (Å²) in [6.45, 7) is 3.78. The molecule has 1 heterocycles. The molecule has 118 valence electrons. The van der Waals surface area contributed by atoms with Crippen molar-refractivity contribution in [1.29, 1.82) is 0 Å². The van der Waals surface area contributed by atoms with E-state index in [1.165, 1.54) is 0 Å². The number of hydrogen-bond donors (Lipinski definition) is 4.